The zero-order chi connectivity index (χ0) is 42.8. The lowest BCUT2D eigenvalue weighted by Crippen LogP contribution is -2.59. The second-order valence-electron chi connectivity index (χ2n) is 18.4. The monoisotopic (exact) mass is 836 g/mol. The van der Waals surface area contributed by atoms with Gasteiger partial charge in [-0.1, -0.05) is 24.6 Å². The predicted molar refractivity (Wildman–Crippen MR) is 228 cm³/mol. The van der Waals surface area contributed by atoms with Crippen LogP contribution in [-0.4, -0.2) is 120 Å². The van der Waals surface area contributed by atoms with E-state index in [9.17, 15) is 22.8 Å². The third kappa shape index (κ3) is 7.95. The van der Waals surface area contributed by atoms with Crippen molar-refractivity contribution in [1.29, 1.82) is 0 Å². The number of hydrogen-bond acceptors (Lipinski definition) is 10. The molecule has 1 saturated carbocycles. The van der Waals surface area contributed by atoms with E-state index in [1.165, 1.54) is 17.7 Å². The van der Waals surface area contributed by atoms with Crippen LogP contribution in [0.1, 0.15) is 85.1 Å². The number of terminal acetylenes is 1. The number of alkyl halides is 3. The van der Waals surface area contributed by atoms with E-state index >= 15 is 0 Å². The van der Waals surface area contributed by atoms with Crippen molar-refractivity contribution >= 4 is 28.9 Å². The maximum Gasteiger partial charge on any atom is 0.401 e. The standard InChI is InChI=1S/C47H55F3N8O3/c1-6-35-29(2)7-9-36-37(35)21-30(3)58(28-47(48,49)50)43(36)39-10-8-33(24-51-39)56-17-15-46(16-18-56)22-32(23-46)25-55-19-20-57-34(26-55)27-61-45-41(57)12-11-38(52-45)31(4)54(5)40-13-14-42(59)53-44(40)60/h1,7-12,24,30,32,34,40,43H,4,13-23,25-28H2,2-3,5H3,(H,53,59,60)/t30?,34?,40?,43-/m0/s1. The molecule has 1 N–H and O–H groups in total. The highest BCUT2D eigenvalue weighted by Crippen LogP contribution is 2.53. The topological polar surface area (TPSA) is 97.4 Å². The summed E-state index contributed by atoms with van der Waals surface area (Å²) in [5, 5.41) is 2.42. The van der Waals surface area contributed by atoms with Crippen molar-refractivity contribution < 1.29 is 27.5 Å². The third-order valence-electron chi connectivity index (χ3n) is 14.5. The highest BCUT2D eigenvalue weighted by molar-refractivity contribution is 6.00. The molecular formula is C47H55F3N8O3. The van der Waals surface area contributed by atoms with Crippen molar-refractivity contribution in [2.24, 2.45) is 11.3 Å². The number of fused-ring (bicyclic) bond motifs is 4. The molecule has 4 fully saturated rings. The van der Waals surface area contributed by atoms with E-state index in [1.807, 2.05) is 57.4 Å². The number of aromatic nitrogens is 2. The number of hydrogen-bond donors (Lipinski definition) is 1. The number of piperazine rings is 1. The van der Waals surface area contributed by atoms with Crippen LogP contribution < -0.4 is 19.9 Å². The van der Waals surface area contributed by atoms with Gasteiger partial charge < -0.3 is 19.4 Å². The summed E-state index contributed by atoms with van der Waals surface area (Å²) in [6, 6.07) is 10.6. The molecule has 5 aliphatic heterocycles. The van der Waals surface area contributed by atoms with E-state index in [4.69, 9.17) is 21.1 Å². The fourth-order valence-electron chi connectivity index (χ4n) is 11.2. The summed E-state index contributed by atoms with van der Waals surface area (Å²) in [6.45, 7) is 13.3. The maximum atomic E-state index is 13.9. The summed E-state index contributed by atoms with van der Waals surface area (Å²) in [5.41, 5.74) is 7.74. The smallest absolute Gasteiger partial charge is 0.401 e. The Kier molecular flexibility index (Phi) is 10.8. The number of likely N-dealkylation sites (N-methyl/N-ethyl adjacent to an activating group) is 1. The molecule has 6 aliphatic rings. The molecule has 11 nitrogen and oxygen atoms in total. The Hall–Kier alpha value is -5.13. The number of piperidine rings is 2. The number of pyridine rings is 2. The van der Waals surface area contributed by atoms with Gasteiger partial charge in [0.1, 0.15) is 18.3 Å². The molecule has 1 aromatic carbocycles. The van der Waals surface area contributed by atoms with Crippen LogP contribution in [0.2, 0.25) is 0 Å². The number of rotatable bonds is 8. The highest BCUT2D eigenvalue weighted by Gasteiger charge is 2.47. The van der Waals surface area contributed by atoms with E-state index in [0.29, 0.717) is 60.2 Å². The number of anilines is 2. The van der Waals surface area contributed by atoms with E-state index < -0.39 is 24.8 Å². The average molecular weight is 837 g/mol. The number of nitrogens with zero attached hydrogens (tertiary/aromatic N) is 7. The Morgan fingerprint density at radius 3 is 2.59 bits per heavy atom. The van der Waals surface area contributed by atoms with Gasteiger partial charge in [0.05, 0.1) is 47.6 Å². The zero-order valence-electron chi connectivity index (χ0n) is 35.3. The summed E-state index contributed by atoms with van der Waals surface area (Å²) >= 11 is 0. The van der Waals surface area contributed by atoms with Crippen LogP contribution in [0.25, 0.3) is 5.70 Å². The number of carbonyl (C=O) groups excluding carboxylic acids is 2. The number of aryl methyl sites for hydroxylation is 1. The Bertz CT molecular complexity index is 2240. The summed E-state index contributed by atoms with van der Waals surface area (Å²) in [6.07, 6.45) is 9.33. The van der Waals surface area contributed by atoms with Gasteiger partial charge in [-0.3, -0.25) is 29.7 Å². The minimum atomic E-state index is -4.34. The van der Waals surface area contributed by atoms with Gasteiger partial charge in [0, 0.05) is 64.3 Å². The van der Waals surface area contributed by atoms with Gasteiger partial charge in [0.25, 0.3) is 0 Å². The molecule has 0 bridgehead atoms. The van der Waals surface area contributed by atoms with Crippen LogP contribution in [0, 0.1) is 30.6 Å². The number of amides is 2. The summed E-state index contributed by atoms with van der Waals surface area (Å²) < 4.78 is 48.0. The van der Waals surface area contributed by atoms with Crippen molar-refractivity contribution in [1.82, 2.24) is 30.0 Å². The van der Waals surface area contributed by atoms with Crippen LogP contribution in [0.3, 0.4) is 0 Å². The molecule has 2 aromatic heterocycles. The van der Waals surface area contributed by atoms with Crippen molar-refractivity contribution in [3.63, 3.8) is 0 Å². The van der Waals surface area contributed by atoms with Crippen LogP contribution in [0.4, 0.5) is 24.5 Å². The minimum Gasteiger partial charge on any atom is -0.474 e. The first-order valence-electron chi connectivity index (χ1n) is 21.7. The predicted octanol–water partition coefficient (Wildman–Crippen LogP) is 5.95. The summed E-state index contributed by atoms with van der Waals surface area (Å²) in [7, 11) is 1.81. The van der Waals surface area contributed by atoms with Crippen LogP contribution >= 0.6 is 0 Å². The van der Waals surface area contributed by atoms with Crippen LogP contribution in [0.15, 0.2) is 49.2 Å². The van der Waals surface area contributed by atoms with Crippen LogP contribution in [0.5, 0.6) is 5.88 Å². The van der Waals surface area contributed by atoms with Gasteiger partial charge in [-0.2, -0.15) is 13.2 Å². The van der Waals surface area contributed by atoms with Gasteiger partial charge in [-0.15, -0.1) is 6.42 Å². The first kappa shape index (κ1) is 41.2. The second kappa shape index (κ2) is 16.0. The van der Waals surface area contributed by atoms with Crippen molar-refractivity contribution in [3.8, 4) is 18.2 Å². The first-order valence-corrected chi connectivity index (χ1v) is 21.7. The Morgan fingerprint density at radius 1 is 1.10 bits per heavy atom. The van der Waals surface area contributed by atoms with Crippen molar-refractivity contribution in [2.75, 3.05) is 69.3 Å². The van der Waals surface area contributed by atoms with Gasteiger partial charge >= 0.3 is 6.18 Å². The Morgan fingerprint density at radius 2 is 1.89 bits per heavy atom. The molecule has 3 aromatic rings. The Balaban J connectivity index is 0.774. The normalized spacial score (nSPS) is 25.4. The second-order valence-corrected chi connectivity index (χ2v) is 18.4. The minimum absolute atomic E-state index is 0.245. The molecule has 3 saturated heterocycles. The SMILES string of the molecule is C#Cc1c(C)ccc2c1CC(C)N(CC(F)(F)F)[C@@H]2c1ccc(N2CCC3(CC2)CC(CN2CCN4c5ccc(C(=C)N(C)C6CCC(=O)NC6=O)nc5OCC4C2)C3)cn1. The van der Waals surface area contributed by atoms with E-state index in [2.05, 4.69) is 38.6 Å². The Labute approximate surface area is 356 Å². The highest BCUT2D eigenvalue weighted by atomic mass is 19.4. The van der Waals surface area contributed by atoms with Crippen molar-refractivity contribution in [3.05, 3.63) is 82.8 Å². The zero-order valence-corrected chi connectivity index (χ0v) is 35.3. The van der Waals surface area contributed by atoms with Gasteiger partial charge in [-0.25, -0.2) is 4.98 Å². The molecule has 4 atom stereocenters. The molecule has 2 amide bonds. The molecule has 1 aliphatic carbocycles. The van der Waals surface area contributed by atoms with Gasteiger partial charge in [0.2, 0.25) is 17.7 Å². The average Bonchev–Trinajstić information content (AvgIpc) is 3.22. The lowest BCUT2D eigenvalue weighted by molar-refractivity contribution is -0.155. The molecule has 7 heterocycles. The lowest BCUT2D eigenvalue weighted by Gasteiger charge is -2.54. The molecule has 3 unspecified atom stereocenters. The van der Waals surface area contributed by atoms with Gasteiger partial charge in [0.15, 0.2) is 0 Å². The molecular weight excluding hydrogens is 782 g/mol. The van der Waals surface area contributed by atoms with Gasteiger partial charge in [-0.05, 0) is 105 Å². The fraction of sp³-hybridized carbons (Fsp3) is 0.532. The quantitative estimate of drug-likeness (QED) is 0.217. The molecule has 1 spiro atoms. The number of benzene rings is 1. The molecule has 322 valence electrons. The van der Waals surface area contributed by atoms with E-state index in [-0.39, 0.29) is 23.9 Å². The largest absolute Gasteiger partial charge is 0.474 e. The van der Waals surface area contributed by atoms with E-state index in [1.54, 1.807) is 4.90 Å². The lowest BCUT2D eigenvalue weighted by atomic mass is 9.57. The molecule has 14 heteroatoms. The third-order valence-corrected chi connectivity index (χ3v) is 14.5. The molecule has 61 heavy (non-hydrogen) atoms. The van der Waals surface area contributed by atoms with Crippen molar-refractivity contribution in [2.45, 2.75) is 89.1 Å². The van der Waals surface area contributed by atoms with Crippen LogP contribution in [-0.2, 0) is 16.0 Å². The number of imide groups is 1. The molecule has 9 rings (SSSR count). The first-order chi connectivity index (χ1) is 29.2. The number of nitrogens with one attached hydrogen (secondary N) is 1. The number of carbonyl (C=O) groups is 2. The van der Waals surface area contributed by atoms with E-state index in [0.717, 1.165) is 85.7 Å². The maximum absolute atomic E-state index is 13.9. The fourth-order valence-corrected chi connectivity index (χ4v) is 11.2. The molecule has 0 radical (unpaired) electrons. The summed E-state index contributed by atoms with van der Waals surface area (Å²) in [4.78, 5) is 44.5. The summed E-state index contributed by atoms with van der Waals surface area (Å²) in [5.74, 6) is 3.51. The number of halogens is 3. The number of ether oxygens (including phenoxy) is 1.